The van der Waals surface area contributed by atoms with Gasteiger partial charge in [0.2, 0.25) is 11.8 Å². The van der Waals surface area contributed by atoms with Crippen molar-refractivity contribution in [2.75, 3.05) is 18.4 Å². The molecule has 0 aliphatic heterocycles. The Balaban J connectivity index is 1.83. The van der Waals surface area contributed by atoms with Gasteiger partial charge in [0.25, 0.3) is 0 Å². The maximum atomic E-state index is 12.1. The van der Waals surface area contributed by atoms with E-state index in [1.807, 2.05) is 42.5 Å². The average molecular weight is 354 g/mol. The van der Waals surface area contributed by atoms with Crippen LogP contribution in [0.3, 0.4) is 0 Å². The second kappa shape index (κ2) is 10.2. The van der Waals surface area contributed by atoms with E-state index in [4.69, 9.17) is 4.74 Å². The van der Waals surface area contributed by atoms with Gasteiger partial charge in [0, 0.05) is 19.2 Å². The highest BCUT2D eigenvalue weighted by atomic mass is 16.5. The van der Waals surface area contributed by atoms with Crippen LogP contribution >= 0.6 is 0 Å². The number of hydrogen-bond acceptors (Lipinski definition) is 3. The molecule has 2 rings (SSSR count). The molecule has 0 fully saturated rings. The summed E-state index contributed by atoms with van der Waals surface area (Å²) in [6.07, 6.45) is 1.87. The molecule has 1 N–H and O–H groups in total. The Morgan fingerprint density at radius 2 is 1.73 bits per heavy atom. The van der Waals surface area contributed by atoms with Crippen LogP contribution in [0.5, 0.6) is 5.75 Å². The number of amides is 2. The summed E-state index contributed by atoms with van der Waals surface area (Å²) in [5.41, 5.74) is 1.78. The standard InChI is InChI=1S/C21H26N2O3/c1-3-4-14-23(17(2)24)15-21(25)22-19-10-12-20(13-11-19)26-16-18-8-6-5-7-9-18/h5-13H,3-4,14-16H2,1-2H3,(H,22,25). The number of unbranched alkanes of at least 4 members (excludes halogenated alkanes) is 1. The summed E-state index contributed by atoms with van der Waals surface area (Å²) in [6, 6.07) is 17.2. The van der Waals surface area contributed by atoms with Gasteiger partial charge in [-0.1, -0.05) is 43.7 Å². The van der Waals surface area contributed by atoms with Crippen LogP contribution in [0.25, 0.3) is 0 Å². The summed E-state index contributed by atoms with van der Waals surface area (Å²) >= 11 is 0. The van der Waals surface area contributed by atoms with E-state index < -0.39 is 0 Å². The molecule has 0 heterocycles. The largest absolute Gasteiger partial charge is 0.489 e. The second-order valence-corrected chi connectivity index (χ2v) is 6.14. The van der Waals surface area contributed by atoms with Crippen molar-refractivity contribution in [1.82, 2.24) is 4.90 Å². The van der Waals surface area contributed by atoms with Crippen LogP contribution in [0.2, 0.25) is 0 Å². The third-order valence-electron chi connectivity index (χ3n) is 3.95. The third-order valence-corrected chi connectivity index (χ3v) is 3.95. The van der Waals surface area contributed by atoms with Crippen molar-refractivity contribution in [3.05, 3.63) is 60.2 Å². The van der Waals surface area contributed by atoms with Crippen LogP contribution in [0.1, 0.15) is 32.3 Å². The first-order valence-electron chi connectivity index (χ1n) is 8.90. The van der Waals surface area contributed by atoms with E-state index in [-0.39, 0.29) is 18.4 Å². The molecule has 0 radical (unpaired) electrons. The molecule has 0 aromatic heterocycles. The van der Waals surface area contributed by atoms with Gasteiger partial charge in [0.05, 0.1) is 6.54 Å². The van der Waals surface area contributed by atoms with Crippen LogP contribution in [-0.2, 0) is 16.2 Å². The molecule has 0 aliphatic carbocycles. The Bertz CT molecular complexity index is 699. The number of nitrogens with one attached hydrogen (secondary N) is 1. The van der Waals surface area contributed by atoms with E-state index in [1.165, 1.54) is 6.92 Å². The molecule has 2 amide bonds. The minimum Gasteiger partial charge on any atom is -0.489 e. The van der Waals surface area contributed by atoms with Gasteiger partial charge < -0.3 is 15.0 Å². The molecule has 0 unspecified atom stereocenters. The van der Waals surface area contributed by atoms with Crippen molar-refractivity contribution in [3.8, 4) is 5.75 Å². The second-order valence-electron chi connectivity index (χ2n) is 6.14. The van der Waals surface area contributed by atoms with Crippen LogP contribution < -0.4 is 10.1 Å². The van der Waals surface area contributed by atoms with Crippen molar-refractivity contribution in [3.63, 3.8) is 0 Å². The maximum absolute atomic E-state index is 12.1. The molecule has 2 aromatic carbocycles. The predicted molar refractivity (Wildman–Crippen MR) is 103 cm³/mol. The minimum absolute atomic E-state index is 0.0710. The molecule has 26 heavy (non-hydrogen) atoms. The van der Waals surface area contributed by atoms with E-state index in [0.29, 0.717) is 18.8 Å². The van der Waals surface area contributed by atoms with Gasteiger partial charge in [-0.15, -0.1) is 0 Å². The quantitative estimate of drug-likeness (QED) is 0.744. The topological polar surface area (TPSA) is 58.6 Å². The van der Waals surface area contributed by atoms with Crippen LogP contribution in [0.15, 0.2) is 54.6 Å². The highest BCUT2D eigenvalue weighted by molar-refractivity contribution is 5.94. The summed E-state index contributed by atoms with van der Waals surface area (Å²) in [6.45, 7) is 4.71. The molecule has 0 saturated heterocycles. The Labute approximate surface area is 155 Å². The van der Waals surface area contributed by atoms with Crippen LogP contribution in [0.4, 0.5) is 5.69 Å². The summed E-state index contributed by atoms with van der Waals surface area (Å²) in [5, 5.41) is 2.82. The van der Waals surface area contributed by atoms with E-state index >= 15 is 0 Å². The first-order valence-corrected chi connectivity index (χ1v) is 8.90. The van der Waals surface area contributed by atoms with E-state index in [9.17, 15) is 9.59 Å². The van der Waals surface area contributed by atoms with Gasteiger partial charge in [-0.25, -0.2) is 0 Å². The first kappa shape index (κ1) is 19.5. The summed E-state index contributed by atoms with van der Waals surface area (Å²) < 4.78 is 5.73. The van der Waals surface area contributed by atoms with Crippen molar-refractivity contribution in [2.24, 2.45) is 0 Å². The normalized spacial score (nSPS) is 10.2. The number of rotatable bonds is 9. The zero-order valence-corrected chi connectivity index (χ0v) is 15.4. The lowest BCUT2D eigenvalue weighted by molar-refractivity contribution is -0.132. The van der Waals surface area contributed by atoms with Gasteiger partial charge in [0.1, 0.15) is 12.4 Å². The smallest absolute Gasteiger partial charge is 0.243 e. The average Bonchev–Trinajstić information content (AvgIpc) is 2.65. The Morgan fingerprint density at radius 1 is 1.04 bits per heavy atom. The number of hydrogen-bond donors (Lipinski definition) is 1. The zero-order valence-electron chi connectivity index (χ0n) is 15.4. The fourth-order valence-electron chi connectivity index (χ4n) is 2.45. The Kier molecular flexibility index (Phi) is 7.68. The molecule has 0 bridgehead atoms. The lowest BCUT2D eigenvalue weighted by Gasteiger charge is -2.20. The van der Waals surface area contributed by atoms with Crippen molar-refractivity contribution >= 4 is 17.5 Å². The molecule has 2 aromatic rings. The van der Waals surface area contributed by atoms with Crippen LogP contribution in [-0.4, -0.2) is 29.8 Å². The van der Waals surface area contributed by atoms with Gasteiger partial charge in [0.15, 0.2) is 0 Å². The first-order chi connectivity index (χ1) is 12.6. The summed E-state index contributed by atoms with van der Waals surface area (Å²) in [7, 11) is 0. The molecule has 0 spiro atoms. The monoisotopic (exact) mass is 354 g/mol. The SMILES string of the molecule is CCCCN(CC(=O)Nc1ccc(OCc2ccccc2)cc1)C(C)=O. The summed E-state index contributed by atoms with van der Waals surface area (Å²) in [4.78, 5) is 25.3. The Morgan fingerprint density at radius 3 is 2.35 bits per heavy atom. The number of anilines is 1. The van der Waals surface area contributed by atoms with E-state index in [0.717, 1.165) is 24.2 Å². The third kappa shape index (κ3) is 6.59. The predicted octanol–water partition coefficient (Wildman–Crippen LogP) is 3.85. The molecule has 0 aliphatic rings. The summed E-state index contributed by atoms with van der Waals surface area (Å²) in [5.74, 6) is 0.452. The highest BCUT2D eigenvalue weighted by Crippen LogP contribution is 2.17. The molecule has 5 nitrogen and oxygen atoms in total. The van der Waals surface area contributed by atoms with Gasteiger partial charge in [-0.05, 0) is 36.2 Å². The number of carbonyl (C=O) groups excluding carboxylic acids is 2. The van der Waals surface area contributed by atoms with Crippen molar-refractivity contribution in [1.29, 1.82) is 0 Å². The Hall–Kier alpha value is -2.82. The van der Waals surface area contributed by atoms with E-state index in [2.05, 4.69) is 12.2 Å². The van der Waals surface area contributed by atoms with Gasteiger partial charge in [-0.2, -0.15) is 0 Å². The van der Waals surface area contributed by atoms with E-state index in [1.54, 1.807) is 17.0 Å². The number of carbonyl (C=O) groups is 2. The number of ether oxygens (including phenoxy) is 1. The lowest BCUT2D eigenvalue weighted by Crippen LogP contribution is -2.37. The van der Waals surface area contributed by atoms with Gasteiger partial charge >= 0.3 is 0 Å². The molecule has 5 heteroatoms. The number of benzene rings is 2. The van der Waals surface area contributed by atoms with Gasteiger partial charge in [-0.3, -0.25) is 9.59 Å². The molecule has 0 saturated carbocycles. The zero-order chi connectivity index (χ0) is 18.8. The fourth-order valence-corrected chi connectivity index (χ4v) is 2.45. The highest BCUT2D eigenvalue weighted by Gasteiger charge is 2.13. The molecular formula is C21H26N2O3. The number of nitrogens with zero attached hydrogens (tertiary/aromatic N) is 1. The molecule has 138 valence electrons. The van der Waals surface area contributed by atoms with Crippen molar-refractivity contribution in [2.45, 2.75) is 33.3 Å². The lowest BCUT2D eigenvalue weighted by atomic mass is 10.2. The van der Waals surface area contributed by atoms with Crippen LogP contribution in [0, 0.1) is 0 Å². The minimum atomic E-state index is -0.200. The molecular weight excluding hydrogens is 328 g/mol. The van der Waals surface area contributed by atoms with Crippen molar-refractivity contribution < 1.29 is 14.3 Å². The maximum Gasteiger partial charge on any atom is 0.243 e. The fraction of sp³-hybridized carbons (Fsp3) is 0.333. The molecule has 0 atom stereocenters.